The smallest absolute Gasteiger partial charge is 0.128 e. The number of nitrogens with one attached hydrogen (secondary N) is 1. The molecule has 1 aliphatic rings. The average molecular weight is 235 g/mol. The monoisotopic (exact) mass is 235 g/mol. The average Bonchev–Trinajstić information content (AvgIpc) is 2.76. The highest BCUT2D eigenvalue weighted by Crippen LogP contribution is 2.21. The maximum absolute atomic E-state index is 9.54. The molecule has 1 aromatic heterocycles. The lowest BCUT2D eigenvalue weighted by molar-refractivity contribution is 0.198. The van der Waals surface area contributed by atoms with Gasteiger partial charge in [0, 0.05) is 25.3 Å². The van der Waals surface area contributed by atoms with Crippen LogP contribution >= 0.6 is 0 Å². The van der Waals surface area contributed by atoms with Gasteiger partial charge in [-0.2, -0.15) is 0 Å². The minimum Gasteiger partial charge on any atom is -0.391 e. The second kappa shape index (κ2) is 5.47. The third-order valence-electron chi connectivity index (χ3n) is 3.27. The number of aliphatic hydroxyl groups excluding tert-OH is 1. The van der Waals surface area contributed by atoms with Gasteiger partial charge in [-0.3, -0.25) is 0 Å². The Kier molecular flexibility index (Phi) is 3.97. The normalized spacial score (nSPS) is 21.8. The SMILES string of the molecule is CCNC(C)c1ccnc(N2CCC(O)C2)c1. The van der Waals surface area contributed by atoms with Crippen LogP contribution < -0.4 is 10.2 Å². The van der Waals surface area contributed by atoms with E-state index in [2.05, 4.69) is 35.1 Å². The summed E-state index contributed by atoms with van der Waals surface area (Å²) in [7, 11) is 0. The van der Waals surface area contributed by atoms with Gasteiger partial charge in [0.05, 0.1) is 6.10 Å². The van der Waals surface area contributed by atoms with Gasteiger partial charge in [0.25, 0.3) is 0 Å². The van der Waals surface area contributed by atoms with Gasteiger partial charge in [0.15, 0.2) is 0 Å². The van der Waals surface area contributed by atoms with Crippen LogP contribution in [0.4, 0.5) is 5.82 Å². The summed E-state index contributed by atoms with van der Waals surface area (Å²) in [5.74, 6) is 0.976. The van der Waals surface area contributed by atoms with E-state index in [0.717, 1.165) is 25.3 Å². The second-order valence-corrected chi connectivity index (χ2v) is 4.62. The number of nitrogens with zero attached hydrogens (tertiary/aromatic N) is 2. The van der Waals surface area contributed by atoms with Gasteiger partial charge in [-0.1, -0.05) is 6.92 Å². The van der Waals surface area contributed by atoms with E-state index in [9.17, 15) is 5.11 Å². The van der Waals surface area contributed by atoms with Crippen molar-refractivity contribution in [3.8, 4) is 0 Å². The van der Waals surface area contributed by atoms with Gasteiger partial charge < -0.3 is 15.3 Å². The van der Waals surface area contributed by atoms with E-state index in [1.807, 2.05) is 12.3 Å². The molecule has 4 nitrogen and oxygen atoms in total. The maximum atomic E-state index is 9.54. The lowest BCUT2D eigenvalue weighted by Gasteiger charge is -2.19. The van der Waals surface area contributed by atoms with Gasteiger partial charge in [-0.15, -0.1) is 0 Å². The van der Waals surface area contributed by atoms with Crippen molar-refractivity contribution in [2.24, 2.45) is 0 Å². The van der Waals surface area contributed by atoms with Crippen LogP contribution in [0.2, 0.25) is 0 Å². The summed E-state index contributed by atoms with van der Waals surface area (Å²) in [4.78, 5) is 6.53. The Morgan fingerprint density at radius 3 is 3.12 bits per heavy atom. The van der Waals surface area contributed by atoms with E-state index in [1.165, 1.54) is 5.56 Å². The second-order valence-electron chi connectivity index (χ2n) is 4.62. The number of aliphatic hydroxyl groups is 1. The molecule has 0 bridgehead atoms. The number of pyridine rings is 1. The van der Waals surface area contributed by atoms with Crippen molar-refractivity contribution in [2.75, 3.05) is 24.5 Å². The molecule has 94 valence electrons. The molecule has 2 rings (SSSR count). The lowest BCUT2D eigenvalue weighted by atomic mass is 10.1. The van der Waals surface area contributed by atoms with Gasteiger partial charge >= 0.3 is 0 Å². The zero-order chi connectivity index (χ0) is 12.3. The number of aromatic nitrogens is 1. The third kappa shape index (κ3) is 2.96. The predicted molar refractivity (Wildman–Crippen MR) is 69.2 cm³/mol. The zero-order valence-corrected chi connectivity index (χ0v) is 10.6. The Balaban J connectivity index is 2.11. The van der Waals surface area contributed by atoms with Crippen LogP contribution in [-0.4, -0.2) is 35.8 Å². The molecule has 0 radical (unpaired) electrons. The van der Waals surface area contributed by atoms with E-state index in [4.69, 9.17) is 0 Å². The molecular formula is C13H21N3O. The number of hydrogen-bond acceptors (Lipinski definition) is 4. The summed E-state index contributed by atoms with van der Waals surface area (Å²) < 4.78 is 0. The van der Waals surface area contributed by atoms with Crippen molar-refractivity contribution in [2.45, 2.75) is 32.4 Å². The van der Waals surface area contributed by atoms with Crippen molar-refractivity contribution in [1.29, 1.82) is 0 Å². The molecule has 0 aliphatic carbocycles. The number of anilines is 1. The lowest BCUT2D eigenvalue weighted by Crippen LogP contribution is -2.23. The molecule has 17 heavy (non-hydrogen) atoms. The quantitative estimate of drug-likeness (QED) is 0.826. The minimum atomic E-state index is -0.202. The van der Waals surface area contributed by atoms with Gasteiger partial charge in [-0.25, -0.2) is 4.98 Å². The highest BCUT2D eigenvalue weighted by Gasteiger charge is 2.21. The standard InChI is InChI=1S/C13H21N3O/c1-3-14-10(2)11-4-6-15-13(8-11)16-7-5-12(17)9-16/h4,6,8,10,12,14,17H,3,5,7,9H2,1-2H3. The summed E-state index contributed by atoms with van der Waals surface area (Å²) in [5, 5.41) is 12.9. The van der Waals surface area contributed by atoms with Crippen molar-refractivity contribution < 1.29 is 5.11 Å². The zero-order valence-electron chi connectivity index (χ0n) is 10.6. The predicted octanol–water partition coefficient (Wildman–Crippen LogP) is 1.32. The molecule has 0 saturated carbocycles. The molecular weight excluding hydrogens is 214 g/mol. The molecule has 1 fully saturated rings. The Labute approximate surface area is 103 Å². The first-order valence-electron chi connectivity index (χ1n) is 6.33. The van der Waals surface area contributed by atoms with Crippen molar-refractivity contribution in [3.63, 3.8) is 0 Å². The van der Waals surface area contributed by atoms with E-state index in [0.29, 0.717) is 12.6 Å². The van der Waals surface area contributed by atoms with Crippen LogP contribution in [0.5, 0.6) is 0 Å². The Bertz CT molecular complexity index is 369. The summed E-state index contributed by atoms with van der Waals surface area (Å²) in [5.41, 5.74) is 1.25. The molecule has 4 heteroatoms. The number of rotatable bonds is 4. The molecule has 0 amide bonds. The van der Waals surface area contributed by atoms with Crippen LogP contribution in [0.3, 0.4) is 0 Å². The van der Waals surface area contributed by atoms with Crippen LogP contribution in [-0.2, 0) is 0 Å². The number of β-amino-alcohol motifs (C(OH)–C–C–N with tert-alkyl or cyclic N) is 1. The Morgan fingerprint density at radius 2 is 2.47 bits per heavy atom. The van der Waals surface area contributed by atoms with E-state index >= 15 is 0 Å². The van der Waals surface area contributed by atoms with Gasteiger partial charge in [-0.05, 0) is 37.6 Å². The van der Waals surface area contributed by atoms with Crippen molar-refractivity contribution >= 4 is 5.82 Å². The van der Waals surface area contributed by atoms with Crippen LogP contribution in [0.15, 0.2) is 18.3 Å². The highest BCUT2D eigenvalue weighted by atomic mass is 16.3. The van der Waals surface area contributed by atoms with Crippen LogP contribution in [0.25, 0.3) is 0 Å². The Hall–Kier alpha value is -1.13. The van der Waals surface area contributed by atoms with Crippen LogP contribution in [0, 0.1) is 0 Å². The molecule has 1 saturated heterocycles. The summed E-state index contributed by atoms with van der Waals surface area (Å²) in [6, 6.07) is 4.50. The van der Waals surface area contributed by atoms with Gasteiger partial charge in [0.2, 0.25) is 0 Å². The molecule has 0 aromatic carbocycles. The molecule has 1 aliphatic heterocycles. The fraction of sp³-hybridized carbons (Fsp3) is 0.615. The fourth-order valence-electron chi connectivity index (χ4n) is 2.25. The summed E-state index contributed by atoms with van der Waals surface area (Å²) >= 11 is 0. The Morgan fingerprint density at radius 1 is 1.65 bits per heavy atom. The topological polar surface area (TPSA) is 48.4 Å². The minimum absolute atomic E-state index is 0.202. The van der Waals surface area contributed by atoms with Crippen molar-refractivity contribution in [3.05, 3.63) is 23.9 Å². The summed E-state index contributed by atoms with van der Waals surface area (Å²) in [6.07, 6.45) is 2.49. The third-order valence-corrected chi connectivity index (χ3v) is 3.27. The first kappa shape index (κ1) is 12.3. The molecule has 2 atom stereocenters. The highest BCUT2D eigenvalue weighted by molar-refractivity contribution is 5.43. The van der Waals surface area contributed by atoms with Crippen LogP contribution in [0.1, 0.15) is 31.9 Å². The van der Waals surface area contributed by atoms with Crippen molar-refractivity contribution in [1.82, 2.24) is 10.3 Å². The maximum Gasteiger partial charge on any atom is 0.128 e. The van der Waals surface area contributed by atoms with E-state index in [1.54, 1.807) is 0 Å². The fourth-order valence-corrected chi connectivity index (χ4v) is 2.25. The van der Waals surface area contributed by atoms with E-state index in [-0.39, 0.29) is 6.10 Å². The first-order chi connectivity index (χ1) is 8.20. The molecule has 1 aromatic rings. The van der Waals surface area contributed by atoms with Gasteiger partial charge in [0.1, 0.15) is 5.82 Å². The molecule has 0 spiro atoms. The molecule has 2 N–H and O–H groups in total. The first-order valence-corrected chi connectivity index (χ1v) is 6.33. The molecule has 2 unspecified atom stereocenters. The largest absolute Gasteiger partial charge is 0.391 e. The summed E-state index contributed by atoms with van der Waals surface area (Å²) in [6.45, 7) is 6.82. The molecule has 2 heterocycles. The van der Waals surface area contributed by atoms with E-state index < -0.39 is 0 Å². The number of hydrogen-bond donors (Lipinski definition) is 2.